The van der Waals surface area contributed by atoms with Gasteiger partial charge >= 0.3 is 5.97 Å². The van der Waals surface area contributed by atoms with Crippen molar-refractivity contribution in [3.05, 3.63) is 106 Å². The summed E-state index contributed by atoms with van der Waals surface area (Å²) in [5, 5.41) is 9.58. The van der Waals surface area contributed by atoms with Gasteiger partial charge in [0, 0.05) is 0 Å². The van der Waals surface area contributed by atoms with Crippen molar-refractivity contribution in [3.63, 3.8) is 0 Å². The van der Waals surface area contributed by atoms with E-state index in [9.17, 15) is 14.0 Å². The molecule has 1 aliphatic rings. The van der Waals surface area contributed by atoms with Gasteiger partial charge in [0.2, 0.25) is 0 Å². The molecule has 0 bridgehead atoms. The first kappa shape index (κ1) is 20.6. The van der Waals surface area contributed by atoms with Crippen molar-refractivity contribution in [1.82, 2.24) is 4.90 Å². The van der Waals surface area contributed by atoms with E-state index in [1.807, 2.05) is 30.3 Å². The van der Waals surface area contributed by atoms with Gasteiger partial charge in [-0.05, 0) is 65.4 Å². The third-order valence-electron chi connectivity index (χ3n) is 4.56. The molecule has 1 fully saturated rings. The van der Waals surface area contributed by atoms with Crippen LogP contribution in [0.3, 0.4) is 0 Å². The van der Waals surface area contributed by atoms with Crippen molar-refractivity contribution < 1.29 is 19.1 Å². The largest absolute Gasteiger partial charge is 0.478 e. The minimum atomic E-state index is -1.01. The van der Waals surface area contributed by atoms with Crippen molar-refractivity contribution in [1.29, 1.82) is 0 Å². The molecule has 0 atom stereocenters. The van der Waals surface area contributed by atoms with Crippen LogP contribution >= 0.6 is 11.8 Å². The number of amides is 1. The quantitative estimate of drug-likeness (QED) is 0.554. The van der Waals surface area contributed by atoms with E-state index in [4.69, 9.17) is 5.11 Å². The second kappa shape index (κ2) is 8.97. The summed E-state index contributed by atoms with van der Waals surface area (Å²) in [5.74, 6) is -1.63. The molecule has 1 aliphatic heterocycles. The van der Waals surface area contributed by atoms with Crippen LogP contribution < -0.4 is 0 Å². The van der Waals surface area contributed by atoms with Gasteiger partial charge in [-0.15, -0.1) is 0 Å². The number of carbonyl (C=O) groups excluding carboxylic acids is 1. The topological polar surface area (TPSA) is 70.0 Å². The summed E-state index contributed by atoms with van der Waals surface area (Å²) >= 11 is 1.22. The number of carbonyl (C=O) groups is 2. The fourth-order valence-electron chi connectivity index (χ4n) is 3.03. The van der Waals surface area contributed by atoms with Crippen molar-refractivity contribution >= 4 is 40.6 Å². The molecule has 1 saturated heterocycles. The van der Waals surface area contributed by atoms with Gasteiger partial charge in [-0.1, -0.05) is 42.5 Å². The zero-order valence-electron chi connectivity index (χ0n) is 16.2. The Morgan fingerprint density at radius 1 is 1.03 bits per heavy atom. The number of hydrogen-bond donors (Lipinski definition) is 1. The number of aromatic carboxylic acids is 1. The fourth-order valence-corrected chi connectivity index (χ4v) is 4.02. The lowest BCUT2D eigenvalue weighted by Crippen LogP contribution is -2.28. The second-order valence-corrected chi connectivity index (χ2v) is 7.80. The molecular formula is C24H17FN2O3S. The Bertz CT molecular complexity index is 1190. The average molecular weight is 432 g/mol. The number of hydrogen-bond acceptors (Lipinski definition) is 4. The Morgan fingerprint density at radius 2 is 1.77 bits per heavy atom. The molecule has 154 valence electrons. The van der Waals surface area contributed by atoms with Gasteiger partial charge < -0.3 is 5.11 Å². The van der Waals surface area contributed by atoms with E-state index < -0.39 is 5.97 Å². The smallest absolute Gasteiger partial charge is 0.335 e. The van der Waals surface area contributed by atoms with E-state index in [-0.39, 0.29) is 23.8 Å². The summed E-state index contributed by atoms with van der Waals surface area (Å²) in [4.78, 5) is 30.8. The Morgan fingerprint density at radius 3 is 2.45 bits per heavy atom. The van der Waals surface area contributed by atoms with E-state index in [0.717, 1.165) is 5.56 Å². The number of carboxylic acid groups (broad SMARTS) is 1. The molecule has 0 unspecified atom stereocenters. The summed E-state index contributed by atoms with van der Waals surface area (Å²) in [6.45, 7) is 0.234. The Kier molecular flexibility index (Phi) is 5.95. The first-order valence-electron chi connectivity index (χ1n) is 9.42. The van der Waals surface area contributed by atoms with Gasteiger partial charge in [0.15, 0.2) is 5.17 Å². The molecule has 0 spiro atoms. The molecule has 5 nitrogen and oxygen atoms in total. The van der Waals surface area contributed by atoms with Crippen LogP contribution in [0.15, 0.2) is 88.8 Å². The zero-order chi connectivity index (χ0) is 21.8. The van der Waals surface area contributed by atoms with Gasteiger partial charge in [0.1, 0.15) is 5.82 Å². The van der Waals surface area contributed by atoms with Crippen molar-refractivity contribution in [3.8, 4) is 0 Å². The lowest BCUT2D eigenvalue weighted by molar-refractivity contribution is -0.122. The van der Waals surface area contributed by atoms with Crippen molar-refractivity contribution in [2.24, 2.45) is 4.99 Å². The summed E-state index contributed by atoms with van der Waals surface area (Å²) < 4.78 is 13.6. The molecule has 31 heavy (non-hydrogen) atoms. The molecule has 0 aromatic heterocycles. The minimum Gasteiger partial charge on any atom is -0.478 e. The van der Waals surface area contributed by atoms with Gasteiger partial charge in [-0.3, -0.25) is 9.69 Å². The standard InChI is InChI=1S/C24H17FN2O3S/c25-19-6-4-5-17(13-19)14-21-22(28)27(15-16-9-11-18(12-10-16)23(29)30)24(31-21)26-20-7-2-1-3-8-20/h1-14H,15H2,(H,29,30)/b21-14+,26-24?. The lowest BCUT2D eigenvalue weighted by Gasteiger charge is -2.16. The van der Waals surface area contributed by atoms with Crippen LogP contribution in [0, 0.1) is 5.82 Å². The molecule has 0 aliphatic carbocycles. The van der Waals surface area contributed by atoms with E-state index in [1.165, 1.54) is 36.0 Å². The maximum atomic E-state index is 13.6. The van der Waals surface area contributed by atoms with E-state index in [2.05, 4.69) is 4.99 Å². The zero-order valence-corrected chi connectivity index (χ0v) is 17.1. The fraction of sp³-hybridized carbons (Fsp3) is 0.0417. The number of nitrogens with zero attached hydrogens (tertiary/aromatic N) is 2. The molecule has 4 rings (SSSR count). The van der Waals surface area contributed by atoms with Crippen LogP contribution in [0.2, 0.25) is 0 Å². The number of rotatable bonds is 5. The normalized spacial score (nSPS) is 16.3. The molecule has 3 aromatic rings. The predicted molar refractivity (Wildman–Crippen MR) is 119 cm³/mol. The molecule has 1 heterocycles. The lowest BCUT2D eigenvalue weighted by atomic mass is 10.1. The molecule has 0 radical (unpaired) electrons. The minimum absolute atomic E-state index is 0.177. The Labute approximate surface area is 182 Å². The summed E-state index contributed by atoms with van der Waals surface area (Å²) in [5.41, 5.74) is 2.24. The summed E-state index contributed by atoms with van der Waals surface area (Å²) in [6.07, 6.45) is 1.64. The number of thioether (sulfide) groups is 1. The molecule has 1 amide bonds. The van der Waals surface area contributed by atoms with Crippen molar-refractivity contribution in [2.45, 2.75) is 6.54 Å². The van der Waals surface area contributed by atoms with Gasteiger partial charge in [-0.2, -0.15) is 0 Å². The highest BCUT2D eigenvalue weighted by molar-refractivity contribution is 8.18. The highest BCUT2D eigenvalue weighted by Gasteiger charge is 2.33. The average Bonchev–Trinajstić information content (AvgIpc) is 3.03. The van der Waals surface area contributed by atoms with E-state index in [0.29, 0.717) is 21.3 Å². The Hall–Kier alpha value is -3.71. The first-order valence-corrected chi connectivity index (χ1v) is 10.2. The van der Waals surface area contributed by atoms with E-state index in [1.54, 1.807) is 35.2 Å². The number of benzene rings is 3. The van der Waals surface area contributed by atoms with Gasteiger partial charge in [-0.25, -0.2) is 14.2 Å². The first-order chi connectivity index (χ1) is 15.0. The number of aliphatic imine (C=N–C) groups is 1. The maximum absolute atomic E-state index is 13.6. The van der Waals surface area contributed by atoms with Crippen molar-refractivity contribution in [2.75, 3.05) is 0 Å². The van der Waals surface area contributed by atoms with Gasteiger partial charge in [0.05, 0.1) is 22.7 Å². The molecule has 7 heteroatoms. The molecule has 1 N–H and O–H groups in total. The van der Waals surface area contributed by atoms with Crippen LogP contribution in [0.25, 0.3) is 6.08 Å². The van der Waals surface area contributed by atoms with Crippen LogP contribution in [-0.4, -0.2) is 27.1 Å². The predicted octanol–water partition coefficient (Wildman–Crippen LogP) is 5.33. The molecule has 3 aromatic carbocycles. The van der Waals surface area contributed by atoms with Crippen LogP contribution in [0.5, 0.6) is 0 Å². The number of para-hydroxylation sites is 1. The number of amidine groups is 1. The second-order valence-electron chi connectivity index (χ2n) is 6.79. The molecular weight excluding hydrogens is 415 g/mol. The monoisotopic (exact) mass is 432 g/mol. The SMILES string of the molecule is O=C(O)c1ccc(CN2C(=O)/C(=C\c3cccc(F)c3)SC2=Nc2ccccc2)cc1. The summed E-state index contributed by atoms with van der Waals surface area (Å²) in [7, 11) is 0. The Balaban J connectivity index is 1.67. The number of halogens is 1. The van der Waals surface area contributed by atoms with Gasteiger partial charge in [0.25, 0.3) is 5.91 Å². The molecule has 0 saturated carbocycles. The van der Waals surface area contributed by atoms with Crippen LogP contribution in [0.4, 0.5) is 10.1 Å². The maximum Gasteiger partial charge on any atom is 0.335 e. The third-order valence-corrected chi connectivity index (χ3v) is 5.56. The third kappa shape index (κ3) is 4.90. The van der Waals surface area contributed by atoms with Crippen LogP contribution in [-0.2, 0) is 11.3 Å². The number of carboxylic acids is 1. The summed E-state index contributed by atoms with van der Waals surface area (Å²) in [6, 6.07) is 21.7. The highest BCUT2D eigenvalue weighted by Crippen LogP contribution is 2.35. The van der Waals surface area contributed by atoms with Crippen LogP contribution in [0.1, 0.15) is 21.5 Å². The highest BCUT2D eigenvalue weighted by atomic mass is 32.2. The van der Waals surface area contributed by atoms with E-state index >= 15 is 0 Å².